The van der Waals surface area contributed by atoms with Gasteiger partial charge >= 0.3 is 0 Å². The van der Waals surface area contributed by atoms with Crippen molar-refractivity contribution in [1.82, 2.24) is 9.78 Å². The fraction of sp³-hybridized carbons (Fsp3) is 0.400. The molecule has 0 amide bonds. The van der Waals surface area contributed by atoms with E-state index in [0.29, 0.717) is 5.69 Å². The van der Waals surface area contributed by atoms with Gasteiger partial charge in [0, 0.05) is 17.7 Å². The maximum absolute atomic E-state index is 11.0. The van der Waals surface area contributed by atoms with Gasteiger partial charge in [-0.3, -0.25) is 4.68 Å². The molecule has 0 unspecified atom stereocenters. The van der Waals surface area contributed by atoms with E-state index >= 15 is 0 Å². The molecule has 0 atom stereocenters. The van der Waals surface area contributed by atoms with Crippen LogP contribution in [0.3, 0.4) is 0 Å². The number of nitrogens with zero attached hydrogens (tertiary/aromatic N) is 2. The Labute approximate surface area is 83.1 Å². The third kappa shape index (κ3) is 1.65. The Bertz CT molecular complexity index is 411. The van der Waals surface area contributed by atoms with Gasteiger partial charge in [-0.05, 0) is 22.9 Å². The molecule has 0 aliphatic carbocycles. The van der Waals surface area contributed by atoms with Crippen LogP contribution in [0.25, 0.3) is 0 Å². The standard InChI is InChI=1S/C5H6BrClN2O2S/c1-3-4(12(7,10)11)5(6)8-9(3)2/h1-2H3. The van der Waals surface area contributed by atoms with Crippen molar-refractivity contribution in [3.05, 3.63) is 10.3 Å². The van der Waals surface area contributed by atoms with Gasteiger partial charge in [-0.2, -0.15) is 5.10 Å². The van der Waals surface area contributed by atoms with Crippen molar-refractivity contribution in [3.8, 4) is 0 Å². The van der Waals surface area contributed by atoms with Crippen molar-refractivity contribution in [2.75, 3.05) is 0 Å². The Balaban J connectivity index is 3.54. The first-order chi connectivity index (χ1) is 5.34. The zero-order valence-electron chi connectivity index (χ0n) is 6.38. The van der Waals surface area contributed by atoms with Crippen molar-refractivity contribution in [1.29, 1.82) is 0 Å². The predicted octanol–water partition coefficient (Wildman–Crippen LogP) is 1.42. The molecular weight excluding hydrogens is 267 g/mol. The summed E-state index contributed by atoms with van der Waals surface area (Å²) in [5, 5.41) is 3.85. The zero-order chi connectivity index (χ0) is 9.52. The lowest BCUT2D eigenvalue weighted by molar-refractivity contribution is 0.608. The second kappa shape index (κ2) is 3.01. The fourth-order valence-electron chi connectivity index (χ4n) is 0.825. The maximum Gasteiger partial charge on any atom is 0.265 e. The van der Waals surface area contributed by atoms with Crippen molar-refractivity contribution in [2.24, 2.45) is 7.05 Å². The van der Waals surface area contributed by atoms with Gasteiger partial charge in [-0.25, -0.2) is 8.42 Å². The summed E-state index contributed by atoms with van der Waals surface area (Å²) in [6.07, 6.45) is 0. The van der Waals surface area contributed by atoms with Crippen molar-refractivity contribution >= 4 is 35.7 Å². The van der Waals surface area contributed by atoms with E-state index in [1.807, 2.05) is 0 Å². The molecule has 4 nitrogen and oxygen atoms in total. The highest BCUT2D eigenvalue weighted by Gasteiger charge is 2.21. The van der Waals surface area contributed by atoms with E-state index in [1.54, 1.807) is 14.0 Å². The third-order valence-corrected chi connectivity index (χ3v) is 3.74. The Morgan fingerprint density at radius 2 is 2.08 bits per heavy atom. The van der Waals surface area contributed by atoms with Crippen LogP contribution in [0.2, 0.25) is 0 Å². The van der Waals surface area contributed by atoms with Crippen LogP contribution in [0.15, 0.2) is 9.50 Å². The van der Waals surface area contributed by atoms with Gasteiger partial charge in [0.1, 0.15) is 9.50 Å². The van der Waals surface area contributed by atoms with E-state index in [2.05, 4.69) is 21.0 Å². The monoisotopic (exact) mass is 272 g/mol. The van der Waals surface area contributed by atoms with Gasteiger partial charge in [0.25, 0.3) is 9.05 Å². The minimum atomic E-state index is -3.70. The maximum atomic E-state index is 11.0. The number of rotatable bonds is 1. The van der Waals surface area contributed by atoms with Crippen LogP contribution in [-0.4, -0.2) is 18.2 Å². The van der Waals surface area contributed by atoms with Crippen LogP contribution >= 0.6 is 26.6 Å². The molecule has 0 spiro atoms. The van der Waals surface area contributed by atoms with E-state index < -0.39 is 9.05 Å². The SMILES string of the molecule is Cc1c(S(=O)(=O)Cl)c(Br)nn1C. The normalized spacial score (nSPS) is 12.0. The number of halogens is 2. The minimum Gasteiger partial charge on any atom is -0.270 e. The Morgan fingerprint density at radius 3 is 2.25 bits per heavy atom. The Hall–Kier alpha value is -0.0700. The van der Waals surface area contributed by atoms with Crippen LogP contribution in [0.1, 0.15) is 5.69 Å². The molecule has 0 saturated heterocycles. The third-order valence-electron chi connectivity index (χ3n) is 1.48. The van der Waals surface area contributed by atoms with Gasteiger partial charge in [0.05, 0.1) is 5.69 Å². The van der Waals surface area contributed by atoms with E-state index in [9.17, 15) is 8.42 Å². The summed E-state index contributed by atoms with van der Waals surface area (Å²) >= 11 is 3.01. The second-order valence-electron chi connectivity index (χ2n) is 2.27. The molecule has 0 aromatic carbocycles. The van der Waals surface area contributed by atoms with Crippen LogP contribution in [0.4, 0.5) is 0 Å². The molecule has 7 heteroatoms. The lowest BCUT2D eigenvalue weighted by atomic mass is 10.5. The first-order valence-corrected chi connectivity index (χ1v) is 6.08. The van der Waals surface area contributed by atoms with Gasteiger partial charge in [0.15, 0.2) is 0 Å². The number of aryl methyl sites for hydroxylation is 1. The molecule has 0 aliphatic heterocycles. The van der Waals surface area contributed by atoms with Crippen molar-refractivity contribution in [3.63, 3.8) is 0 Å². The molecule has 0 bridgehead atoms. The summed E-state index contributed by atoms with van der Waals surface area (Å²) in [5.74, 6) is 0. The molecular formula is C5H6BrClN2O2S. The first-order valence-electron chi connectivity index (χ1n) is 2.98. The average Bonchev–Trinajstić information content (AvgIpc) is 2.05. The lowest BCUT2D eigenvalue weighted by Gasteiger charge is -1.94. The van der Waals surface area contributed by atoms with Crippen LogP contribution in [0, 0.1) is 6.92 Å². The molecule has 0 saturated carbocycles. The number of hydrogen-bond donors (Lipinski definition) is 0. The highest BCUT2D eigenvalue weighted by atomic mass is 79.9. The van der Waals surface area contributed by atoms with Crippen LogP contribution in [0.5, 0.6) is 0 Å². The smallest absolute Gasteiger partial charge is 0.265 e. The highest BCUT2D eigenvalue weighted by Crippen LogP contribution is 2.26. The molecule has 1 heterocycles. The summed E-state index contributed by atoms with van der Waals surface area (Å²) < 4.78 is 23.6. The Kier molecular flexibility index (Phi) is 2.51. The summed E-state index contributed by atoms with van der Waals surface area (Å²) in [6, 6.07) is 0. The summed E-state index contributed by atoms with van der Waals surface area (Å²) in [5.41, 5.74) is 0.511. The molecule has 1 aromatic rings. The second-order valence-corrected chi connectivity index (χ2v) is 5.52. The van der Waals surface area contributed by atoms with Gasteiger partial charge in [-0.1, -0.05) is 0 Å². The molecule has 0 N–H and O–H groups in total. The van der Waals surface area contributed by atoms with E-state index in [4.69, 9.17) is 10.7 Å². The van der Waals surface area contributed by atoms with Gasteiger partial charge < -0.3 is 0 Å². The summed E-state index contributed by atoms with van der Waals surface area (Å²) in [6.45, 7) is 1.63. The number of aromatic nitrogens is 2. The van der Waals surface area contributed by atoms with Crippen molar-refractivity contribution in [2.45, 2.75) is 11.8 Å². The Morgan fingerprint density at radius 1 is 1.58 bits per heavy atom. The van der Waals surface area contributed by atoms with E-state index in [1.165, 1.54) is 4.68 Å². The molecule has 0 radical (unpaired) electrons. The summed E-state index contributed by atoms with van der Waals surface area (Å²) in [4.78, 5) is 0.0340. The topological polar surface area (TPSA) is 52.0 Å². The zero-order valence-corrected chi connectivity index (χ0v) is 9.53. The minimum absolute atomic E-state index is 0.0340. The fourth-order valence-corrected chi connectivity index (χ4v) is 3.55. The molecule has 1 rings (SSSR count). The number of hydrogen-bond acceptors (Lipinski definition) is 3. The average molecular weight is 274 g/mol. The molecule has 68 valence electrons. The quantitative estimate of drug-likeness (QED) is 0.727. The summed E-state index contributed by atoms with van der Waals surface area (Å²) in [7, 11) is 3.11. The predicted molar refractivity (Wildman–Crippen MR) is 48.7 cm³/mol. The lowest BCUT2D eigenvalue weighted by Crippen LogP contribution is -1.96. The van der Waals surface area contributed by atoms with Gasteiger partial charge in [-0.15, -0.1) is 0 Å². The van der Waals surface area contributed by atoms with E-state index in [-0.39, 0.29) is 9.50 Å². The largest absolute Gasteiger partial charge is 0.270 e. The molecule has 0 fully saturated rings. The first kappa shape index (κ1) is 10.0. The molecule has 1 aromatic heterocycles. The van der Waals surface area contributed by atoms with Gasteiger partial charge in [0.2, 0.25) is 0 Å². The molecule has 12 heavy (non-hydrogen) atoms. The van der Waals surface area contributed by atoms with Crippen LogP contribution < -0.4 is 0 Å². The molecule has 0 aliphatic rings. The van der Waals surface area contributed by atoms with Crippen LogP contribution in [-0.2, 0) is 16.1 Å². The highest BCUT2D eigenvalue weighted by molar-refractivity contribution is 9.10. The van der Waals surface area contributed by atoms with E-state index in [0.717, 1.165) is 0 Å². The van der Waals surface area contributed by atoms with Crippen molar-refractivity contribution < 1.29 is 8.42 Å².